The Kier molecular flexibility index (Phi) is 6.18. The van der Waals surface area contributed by atoms with E-state index in [1.165, 1.54) is 5.56 Å². The summed E-state index contributed by atoms with van der Waals surface area (Å²) in [5.74, 6) is 0.664. The number of aromatic amines is 1. The minimum Gasteiger partial charge on any atom is -0.380 e. The number of nitrogens with zero attached hydrogens (tertiary/aromatic N) is 4. The molecule has 0 fully saturated rings. The Bertz CT molecular complexity index is 1120. The first-order valence-corrected chi connectivity index (χ1v) is 10.8. The van der Waals surface area contributed by atoms with Crippen molar-refractivity contribution in [2.24, 2.45) is 0 Å². The van der Waals surface area contributed by atoms with Gasteiger partial charge in [0.2, 0.25) is 0 Å². The topological polar surface area (TPSA) is 79.4 Å². The largest absolute Gasteiger partial charge is 0.380 e. The molecule has 0 atom stereocenters. The number of H-pyrrole nitrogens is 1. The SMILES string of the molecule is CCc1cc(NCc2ccc(-c3ccccc3-c3nnn[nH]3)cc2)c(Br)c(CC)n1. The molecule has 4 aromatic rings. The molecule has 0 aliphatic rings. The molecule has 0 radical (unpaired) electrons. The summed E-state index contributed by atoms with van der Waals surface area (Å²) >= 11 is 3.70. The third-order valence-corrected chi connectivity index (χ3v) is 5.94. The molecule has 4 rings (SSSR count). The summed E-state index contributed by atoms with van der Waals surface area (Å²) in [6.07, 6.45) is 1.82. The van der Waals surface area contributed by atoms with Crippen molar-refractivity contribution in [3.8, 4) is 22.5 Å². The number of hydrogen-bond donors (Lipinski definition) is 2. The maximum absolute atomic E-state index is 4.70. The summed E-state index contributed by atoms with van der Waals surface area (Å²) in [7, 11) is 0. The quantitative estimate of drug-likeness (QED) is 0.382. The molecule has 0 amide bonds. The molecule has 0 spiro atoms. The lowest BCUT2D eigenvalue weighted by Gasteiger charge is -2.14. The van der Waals surface area contributed by atoms with Crippen molar-refractivity contribution in [3.63, 3.8) is 0 Å². The third kappa shape index (κ3) is 4.26. The fraction of sp³-hybridized carbons (Fsp3) is 0.217. The highest BCUT2D eigenvalue weighted by Gasteiger charge is 2.11. The van der Waals surface area contributed by atoms with Crippen LogP contribution in [0.3, 0.4) is 0 Å². The Morgan fingerprint density at radius 3 is 2.40 bits per heavy atom. The van der Waals surface area contributed by atoms with Gasteiger partial charge in [0.05, 0.1) is 15.9 Å². The summed E-state index contributed by atoms with van der Waals surface area (Å²) in [5.41, 5.74) is 7.68. The first-order chi connectivity index (χ1) is 14.7. The maximum atomic E-state index is 4.70. The van der Waals surface area contributed by atoms with Crippen molar-refractivity contribution in [2.75, 3.05) is 5.32 Å². The monoisotopic (exact) mass is 462 g/mol. The first-order valence-electron chi connectivity index (χ1n) is 10.0. The Morgan fingerprint density at radius 1 is 0.967 bits per heavy atom. The second-order valence-electron chi connectivity index (χ2n) is 6.97. The van der Waals surface area contributed by atoms with Gasteiger partial charge in [0.15, 0.2) is 5.82 Å². The van der Waals surface area contributed by atoms with Gasteiger partial charge in [0.1, 0.15) is 0 Å². The highest BCUT2D eigenvalue weighted by Crippen LogP contribution is 2.30. The van der Waals surface area contributed by atoms with Gasteiger partial charge in [-0.1, -0.05) is 62.4 Å². The van der Waals surface area contributed by atoms with Gasteiger partial charge in [-0.2, -0.15) is 0 Å². The van der Waals surface area contributed by atoms with Crippen molar-refractivity contribution in [1.29, 1.82) is 0 Å². The molecule has 0 saturated heterocycles. The lowest BCUT2D eigenvalue weighted by molar-refractivity contribution is 0.881. The van der Waals surface area contributed by atoms with E-state index in [1.807, 2.05) is 18.2 Å². The van der Waals surface area contributed by atoms with Crippen LogP contribution in [0.25, 0.3) is 22.5 Å². The van der Waals surface area contributed by atoms with Gasteiger partial charge in [-0.05, 0) is 62.0 Å². The van der Waals surface area contributed by atoms with Crippen molar-refractivity contribution in [2.45, 2.75) is 33.2 Å². The highest BCUT2D eigenvalue weighted by molar-refractivity contribution is 9.10. The third-order valence-electron chi connectivity index (χ3n) is 5.05. The number of rotatable bonds is 7. The van der Waals surface area contributed by atoms with Crippen LogP contribution < -0.4 is 5.32 Å². The van der Waals surface area contributed by atoms with Crippen LogP contribution in [-0.4, -0.2) is 25.6 Å². The normalized spacial score (nSPS) is 10.9. The summed E-state index contributed by atoms with van der Waals surface area (Å²) in [6.45, 7) is 5.00. The van der Waals surface area contributed by atoms with Crippen LogP contribution in [0.1, 0.15) is 30.8 Å². The van der Waals surface area contributed by atoms with E-state index in [0.717, 1.165) is 57.6 Å². The van der Waals surface area contributed by atoms with Gasteiger partial charge in [-0.25, -0.2) is 5.10 Å². The Balaban J connectivity index is 1.54. The Morgan fingerprint density at radius 2 is 1.73 bits per heavy atom. The summed E-state index contributed by atoms with van der Waals surface area (Å²) in [6, 6.07) is 18.8. The van der Waals surface area contributed by atoms with Gasteiger partial charge in [-0.3, -0.25) is 4.98 Å². The molecule has 152 valence electrons. The fourth-order valence-corrected chi connectivity index (χ4v) is 4.02. The number of halogens is 1. The zero-order valence-corrected chi connectivity index (χ0v) is 18.6. The lowest BCUT2D eigenvalue weighted by atomic mass is 9.98. The number of tetrazole rings is 1. The molecule has 2 N–H and O–H groups in total. The van der Waals surface area contributed by atoms with Crippen LogP contribution in [-0.2, 0) is 19.4 Å². The number of benzene rings is 2. The summed E-state index contributed by atoms with van der Waals surface area (Å²) in [4.78, 5) is 4.70. The second kappa shape index (κ2) is 9.17. The van der Waals surface area contributed by atoms with E-state index in [1.54, 1.807) is 0 Å². The van der Waals surface area contributed by atoms with Gasteiger partial charge >= 0.3 is 0 Å². The van der Waals surface area contributed by atoms with E-state index in [-0.39, 0.29) is 0 Å². The predicted molar refractivity (Wildman–Crippen MR) is 123 cm³/mol. The predicted octanol–water partition coefficient (Wildman–Crippen LogP) is 5.43. The highest BCUT2D eigenvalue weighted by atomic mass is 79.9. The second-order valence-corrected chi connectivity index (χ2v) is 7.77. The number of hydrogen-bond acceptors (Lipinski definition) is 5. The van der Waals surface area contributed by atoms with Crippen LogP contribution in [0, 0.1) is 0 Å². The van der Waals surface area contributed by atoms with Crippen LogP contribution in [0.2, 0.25) is 0 Å². The lowest BCUT2D eigenvalue weighted by Crippen LogP contribution is -2.04. The zero-order valence-electron chi connectivity index (χ0n) is 17.0. The van der Waals surface area contributed by atoms with Crippen molar-refractivity contribution < 1.29 is 0 Å². The standard InChI is InChI=1S/C23H23BrN6/c1-3-17-13-21(22(24)20(4-2)26-17)25-14-15-9-11-16(12-10-15)18-7-5-6-8-19(18)23-27-29-30-28-23/h5-13H,3-4,14H2,1-2H3,(H,25,26)(H,27,28,29,30). The molecule has 0 aliphatic carbocycles. The van der Waals surface area contributed by atoms with E-state index in [0.29, 0.717) is 5.82 Å². The number of nitrogens with one attached hydrogen (secondary N) is 2. The molecule has 0 unspecified atom stereocenters. The molecular formula is C23H23BrN6. The fourth-order valence-electron chi connectivity index (χ4n) is 3.40. The van der Waals surface area contributed by atoms with Gasteiger partial charge in [-0.15, -0.1) is 5.10 Å². The Labute approximate surface area is 184 Å². The first kappa shape index (κ1) is 20.2. The molecule has 0 bridgehead atoms. The van der Waals surface area contributed by atoms with Gasteiger partial charge < -0.3 is 5.32 Å². The smallest absolute Gasteiger partial charge is 0.180 e. The number of aryl methyl sites for hydroxylation is 2. The van der Waals surface area contributed by atoms with Crippen LogP contribution in [0.15, 0.2) is 59.1 Å². The molecular weight excluding hydrogens is 440 g/mol. The molecule has 2 aromatic heterocycles. The summed E-state index contributed by atoms with van der Waals surface area (Å²) < 4.78 is 1.05. The van der Waals surface area contributed by atoms with Crippen LogP contribution >= 0.6 is 15.9 Å². The number of anilines is 1. The van der Waals surface area contributed by atoms with Crippen molar-refractivity contribution >= 4 is 21.6 Å². The molecule has 2 aromatic carbocycles. The maximum Gasteiger partial charge on any atom is 0.180 e. The molecule has 0 saturated carbocycles. The van der Waals surface area contributed by atoms with Crippen LogP contribution in [0.5, 0.6) is 0 Å². The van der Waals surface area contributed by atoms with E-state index in [4.69, 9.17) is 4.98 Å². The summed E-state index contributed by atoms with van der Waals surface area (Å²) in [5, 5.41) is 17.8. The van der Waals surface area contributed by atoms with E-state index in [2.05, 4.69) is 92.1 Å². The van der Waals surface area contributed by atoms with E-state index >= 15 is 0 Å². The molecule has 7 heteroatoms. The Hall–Kier alpha value is -3.06. The molecule has 0 aliphatic heterocycles. The van der Waals surface area contributed by atoms with E-state index in [9.17, 15) is 0 Å². The minimum absolute atomic E-state index is 0.664. The average Bonchev–Trinajstić information content (AvgIpc) is 3.33. The van der Waals surface area contributed by atoms with Gasteiger partial charge in [0, 0.05) is 17.8 Å². The minimum atomic E-state index is 0.664. The average molecular weight is 463 g/mol. The molecule has 2 heterocycles. The zero-order chi connectivity index (χ0) is 20.9. The number of aromatic nitrogens is 5. The molecule has 30 heavy (non-hydrogen) atoms. The van der Waals surface area contributed by atoms with Crippen molar-refractivity contribution in [1.82, 2.24) is 25.6 Å². The van der Waals surface area contributed by atoms with Gasteiger partial charge in [0.25, 0.3) is 0 Å². The van der Waals surface area contributed by atoms with E-state index < -0.39 is 0 Å². The van der Waals surface area contributed by atoms with Crippen molar-refractivity contribution in [3.05, 3.63) is 76.0 Å². The molecule has 6 nitrogen and oxygen atoms in total. The number of pyridine rings is 1. The van der Waals surface area contributed by atoms with Crippen LogP contribution in [0.4, 0.5) is 5.69 Å².